The van der Waals surface area contributed by atoms with Crippen LogP contribution in [0, 0.1) is 0 Å². The van der Waals surface area contributed by atoms with Gasteiger partial charge in [-0.25, -0.2) is 0 Å². The molecule has 0 aromatic heterocycles. The van der Waals surface area contributed by atoms with Crippen molar-refractivity contribution in [1.82, 2.24) is 16.0 Å². The minimum Gasteiger partial charge on any atom is -0.480 e. The molecule has 0 spiro atoms. The summed E-state index contributed by atoms with van der Waals surface area (Å²) in [6.07, 6.45) is -0.588. The molecule has 0 bridgehead atoms. The van der Waals surface area contributed by atoms with Crippen molar-refractivity contribution in [2.24, 2.45) is 17.2 Å². The lowest BCUT2D eigenvalue weighted by Crippen LogP contribution is -2.56. The molecular weight excluding hydrogens is 448 g/mol. The molecule has 1 rings (SSSR count). The summed E-state index contributed by atoms with van der Waals surface area (Å²) in [5.74, 6) is -4.95. The number of primary amides is 2. The van der Waals surface area contributed by atoms with Gasteiger partial charge in [0.2, 0.25) is 29.5 Å². The molecule has 0 radical (unpaired) electrons. The van der Waals surface area contributed by atoms with E-state index in [1.807, 2.05) is 0 Å². The van der Waals surface area contributed by atoms with Crippen LogP contribution in [0.5, 0.6) is 0 Å². The van der Waals surface area contributed by atoms with Crippen LogP contribution in [0.25, 0.3) is 0 Å². The lowest BCUT2D eigenvalue weighted by atomic mass is 10.0. The molecule has 0 unspecified atom stereocenters. The van der Waals surface area contributed by atoms with Gasteiger partial charge in [-0.3, -0.25) is 28.8 Å². The lowest BCUT2D eigenvalue weighted by Gasteiger charge is -2.24. The molecule has 0 aliphatic heterocycles. The zero-order valence-corrected chi connectivity index (χ0v) is 18.5. The van der Waals surface area contributed by atoms with Crippen LogP contribution in [0.4, 0.5) is 0 Å². The van der Waals surface area contributed by atoms with E-state index < -0.39 is 60.2 Å². The first-order valence-corrected chi connectivity index (χ1v) is 10.5. The third kappa shape index (κ3) is 11.0. The summed E-state index contributed by atoms with van der Waals surface area (Å²) in [7, 11) is 0. The highest BCUT2D eigenvalue weighted by molar-refractivity contribution is 5.94. The van der Waals surface area contributed by atoms with Gasteiger partial charge in [0.25, 0.3) is 0 Å². The van der Waals surface area contributed by atoms with Crippen molar-refractivity contribution in [3.8, 4) is 0 Å². The summed E-state index contributed by atoms with van der Waals surface area (Å²) >= 11 is 0. The first-order valence-electron chi connectivity index (χ1n) is 10.5. The molecule has 5 amide bonds. The number of amides is 5. The number of nitrogens with one attached hydrogen (secondary N) is 3. The summed E-state index contributed by atoms with van der Waals surface area (Å²) in [4.78, 5) is 70.8. The van der Waals surface area contributed by atoms with Crippen molar-refractivity contribution in [2.45, 2.75) is 50.2 Å². The van der Waals surface area contributed by atoms with Crippen molar-refractivity contribution < 1.29 is 33.9 Å². The number of benzene rings is 1. The van der Waals surface area contributed by atoms with E-state index in [0.29, 0.717) is 5.56 Å². The monoisotopic (exact) mass is 478 g/mol. The van der Waals surface area contributed by atoms with Crippen LogP contribution in [0.3, 0.4) is 0 Å². The van der Waals surface area contributed by atoms with E-state index in [9.17, 15) is 28.8 Å². The van der Waals surface area contributed by atoms with Crippen LogP contribution >= 0.6 is 0 Å². The Labute approximate surface area is 195 Å². The standard InChI is InChI=1S/C21H30N6O7/c22-13(6-8-16(23)28)19(32)26-14(7-9-17(24)29)21(34)27-15(20(33)25-11-18(30)31)10-12-4-2-1-3-5-12/h1-5,13-15H,6-11,22H2,(H2,23,28)(H2,24,29)(H,25,33)(H,26,32)(H,27,34)(H,30,31)/t13-,14-,15-/m0/s1. The molecule has 0 heterocycles. The van der Waals surface area contributed by atoms with Gasteiger partial charge in [0.05, 0.1) is 6.04 Å². The minimum absolute atomic E-state index is 0.0344. The van der Waals surface area contributed by atoms with Crippen molar-refractivity contribution in [3.63, 3.8) is 0 Å². The van der Waals surface area contributed by atoms with E-state index in [-0.39, 0.29) is 32.1 Å². The molecule has 186 valence electrons. The molecule has 3 atom stereocenters. The highest BCUT2D eigenvalue weighted by Crippen LogP contribution is 2.06. The van der Waals surface area contributed by atoms with Gasteiger partial charge in [-0.1, -0.05) is 30.3 Å². The summed E-state index contributed by atoms with van der Waals surface area (Å²) in [5.41, 5.74) is 16.6. The normalized spacial score (nSPS) is 13.1. The zero-order chi connectivity index (χ0) is 25.7. The number of carboxylic acids is 1. The van der Waals surface area contributed by atoms with E-state index in [1.54, 1.807) is 30.3 Å². The molecule has 0 aliphatic carbocycles. The van der Waals surface area contributed by atoms with Gasteiger partial charge in [-0.15, -0.1) is 0 Å². The molecule has 0 aliphatic rings. The third-order valence-corrected chi connectivity index (χ3v) is 4.68. The molecule has 0 fully saturated rings. The fraction of sp³-hybridized carbons (Fsp3) is 0.429. The second-order valence-corrected chi connectivity index (χ2v) is 7.54. The number of aliphatic carboxylic acids is 1. The SMILES string of the molecule is NC(=O)CC[C@H](NC(=O)[C@@H](N)CCC(N)=O)C(=O)N[C@@H](Cc1ccccc1)C(=O)NCC(=O)O. The Morgan fingerprint density at radius 1 is 0.794 bits per heavy atom. The number of hydrogen-bond donors (Lipinski definition) is 7. The number of carboxylic acid groups (broad SMARTS) is 1. The quantitative estimate of drug-likeness (QED) is 0.139. The maximum absolute atomic E-state index is 12.9. The molecule has 0 saturated carbocycles. The molecular formula is C21H30N6O7. The summed E-state index contributed by atoms with van der Waals surface area (Å²) in [6.45, 7) is -0.656. The first kappa shape index (κ1) is 28.0. The average Bonchev–Trinajstić information content (AvgIpc) is 2.78. The topological polar surface area (TPSA) is 237 Å². The fourth-order valence-corrected chi connectivity index (χ4v) is 2.88. The van der Waals surface area contributed by atoms with Crippen LogP contribution in [-0.4, -0.2) is 65.3 Å². The Morgan fingerprint density at radius 3 is 1.91 bits per heavy atom. The van der Waals surface area contributed by atoms with Gasteiger partial charge in [0.15, 0.2) is 0 Å². The van der Waals surface area contributed by atoms with Gasteiger partial charge in [-0.05, 0) is 18.4 Å². The first-order chi connectivity index (χ1) is 16.0. The molecule has 34 heavy (non-hydrogen) atoms. The Kier molecular flexibility index (Phi) is 11.7. The van der Waals surface area contributed by atoms with E-state index in [2.05, 4.69) is 16.0 Å². The number of hydrogen-bond acceptors (Lipinski definition) is 7. The van der Waals surface area contributed by atoms with Gasteiger partial charge in [0, 0.05) is 19.3 Å². The molecule has 13 nitrogen and oxygen atoms in total. The molecule has 10 N–H and O–H groups in total. The van der Waals surface area contributed by atoms with Crippen LogP contribution in [0.1, 0.15) is 31.2 Å². The van der Waals surface area contributed by atoms with Crippen LogP contribution in [0.2, 0.25) is 0 Å². The second-order valence-electron chi connectivity index (χ2n) is 7.54. The molecule has 13 heteroatoms. The summed E-state index contributed by atoms with van der Waals surface area (Å²) < 4.78 is 0. The van der Waals surface area contributed by atoms with Crippen molar-refractivity contribution in [2.75, 3.05) is 6.54 Å². The van der Waals surface area contributed by atoms with Crippen LogP contribution < -0.4 is 33.2 Å². The number of carbonyl (C=O) groups excluding carboxylic acids is 5. The summed E-state index contributed by atoms with van der Waals surface area (Å²) in [6, 6.07) is 5.06. The second kappa shape index (κ2) is 14.2. The minimum atomic E-state index is -1.27. The molecule has 1 aromatic rings. The highest BCUT2D eigenvalue weighted by atomic mass is 16.4. The smallest absolute Gasteiger partial charge is 0.322 e. The maximum Gasteiger partial charge on any atom is 0.322 e. The van der Waals surface area contributed by atoms with Crippen LogP contribution in [0.15, 0.2) is 30.3 Å². The highest BCUT2D eigenvalue weighted by Gasteiger charge is 2.28. The predicted molar refractivity (Wildman–Crippen MR) is 119 cm³/mol. The predicted octanol–water partition coefficient (Wildman–Crippen LogP) is -2.74. The number of carbonyl (C=O) groups is 6. The number of rotatable bonds is 15. The van der Waals surface area contributed by atoms with Gasteiger partial charge in [-0.2, -0.15) is 0 Å². The number of nitrogens with two attached hydrogens (primary N) is 3. The Morgan fingerprint density at radius 2 is 1.35 bits per heavy atom. The van der Waals surface area contributed by atoms with E-state index >= 15 is 0 Å². The van der Waals surface area contributed by atoms with Crippen molar-refractivity contribution in [3.05, 3.63) is 35.9 Å². The van der Waals surface area contributed by atoms with E-state index in [4.69, 9.17) is 22.3 Å². The van der Waals surface area contributed by atoms with E-state index in [1.165, 1.54) is 0 Å². The zero-order valence-electron chi connectivity index (χ0n) is 18.5. The Balaban J connectivity index is 2.98. The lowest BCUT2D eigenvalue weighted by molar-refractivity contribution is -0.138. The van der Waals surface area contributed by atoms with Gasteiger partial charge in [0.1, 0.15) is 18.6 Å². The fourth-order valence-electron chi connectivity index (χ4n) is 2.88. The van der Waals surface area contributed by atoms with Gasteiger partial charge < -0.3 is 38.3 Å². The Hall–Kier alpha value is -4.00. The van der Waals surface area contributed by atoms with Gasteiger partial charge >= 0.3 is 5.97 Å². The van der Waals surface area contributed by atoms with Crippen LogP contribution in [-0.2, 0) is 35.2 Å². The summed E-state index contributed by atoms with van der Waals surface area (Å²) in [5, 5.41) is 15.9. The largest absolute Gasteiger partial charge is 0.480 e. The van der Waals surface area contributed by atoms with Crippen molar-refractivity contribution in [1.29, 1.82) is 0 Å². The maximum atomic E-state index is 12.9. The average molecular weight is 479 g/mol. The van der Waals surface area contributed by atoms with E-state index in [0.717, 1.165) is 0 Å². The van der Waals surface area contributed by atoms with Crippen molar-refractivity contribution >= 4 is 35.5 Å². The molecule has 0 saturated heterocycles. The third-order valence-electron chi connectivity index (χ3n) is 4.68. The molecule has 1 aromatic carbocycles. The Bertz CT molecular complexity index is 893.